The second-order valence-corrected chi connectivity index (χ2v) is 13.7. The van der Waals surface area contributed by atoms with Gasteiger partial charge in [0.05, 0.1) is 49.8 Å². The molecule has 0 N–H and O–H groups in total. The number of nitrogens with zero attached hydrogens (tertiary/aromatic N) is 2. The van der Waals surface area contributed by atoms with Crippen LogP contribution >= 0.6 is 0 Å². The smallest absolute Gasteiger partial charge is 0.231 e. The lowest BCUT2D eigenvalue weighted by atomic mass is 9.87. The van der Waals surface area contributed by atoms with Crippen molar-refractivity contribution in [2.45, 2.75) is 37.8 Å². The van der Waals surface area contributed by atoms with Gasteiger partial charge in [-0.05, 0) is 86.8 Å². The Labute approximate surface area is 317 Å². The highest BCUT2D eigenvalue weighted by Gasteiger charge is 2.35. The standard InChI is InChI=1S/C42H50N2O10/c1-43-17-15-28-30(22-34(46-4)41-38(28)52-23-53-41)31(43)18-24-10-12-26(13-11-24)54-35-20-25(36(47-5)42(51-9)40(35)50-8)19-32-29-21-33(45-3)39(49-7)37(48-6)27(29)14-16-44(32)2/h10-13,20-22,31-32H,14-19,23H2,1-9H3. The molecule has 4 aromatic rings. The molecule has 3 aliphatic heterocycles. The minimum absolute atomic E-state index is 0.0373. The first-order valence-electron chi connectivity index (χ1n) is 18.1. The Hall–Kier alpha value is -5.20. The lowest BCUT2D eigenvalue weighted by Crippen LogP contribution is -2.34. The monoisotopic (exact) mass is 742 g/mol. The number of hydrogen-bond donors (Lipinski definition) is 0. The summed E-state index contributed by atoms with van der Waals surface area (Å²) in [5, 5.41) is 0. The van der Waals surface area contributed by atoms with Gasteiger partial charge in [-0.2, -0.15) is 0 Å². The maximum atomic E-state index is 6.59. The first-order valence-corrected chi connectivity index (χ1v) is 18.1. The average molecular weight is 743 g/mol. The molecule has 0 saturated heterocycles. The Morgan fingerprint density at radius 2 is 1.11 bits per heavy atom. The minimum Gasteiger partial charge on any atom is -0.493 e. The van der Waals surface area contributed by atoms with Gasteiger partial charge in [0.25, 0.3) is 0 Å². The molecule has 0 spiro atoms. The molecule has 0 bridgehead atoms. The molecule has 2 unspecified atom stereocenters. The van der Waals surface area contributed by atoms with Crippen LogP contribution in [-0.4, -0.2) is 93.5 Å². The molecule has 3 aliphatic rings. The summed E-state index contributed by atoms with van der Waals surface area (Å²) < 4.78 is 59.1. The number of hydrogen-bond acceptors (Lipinski definition) is 12. The third kappa shape index (κ3) is 6.51. The number of benzene rings is 4. The van der Waals surface area contributed by atoms with Crippen molar-refractivity contribution in [2.75, 3.05) is 83.7 Å². The van der Waals surface area contributed by atoms with Crippen molar-refractivity contribution in [3.8, 4) is 63.2 Å². The zero-order valence-corrected chi connectivity index (χ0v) is 32.6. The maximum absolute atomic E-state index is 6.59. The van der Waals surface area contributed by atoms with Gasteiger partial charge < -0.3 is 47.4 Å². The zero-order valence-electron chi connectivity index (χ0n) is 32.6. The molecule has 3 heterocycles. The zero-order chi connectivity index (χ0) is 38.1. The SMILES string of the molecule is COc1cc2c(c(OC)c1OC)CCN(C)C2Cc1cc(Oc2ccc(CC3c4cc(OC)c5c(c4CCN3C)OCO5)cc2)c(OC)c(OC)c1OC. The van der Waals surface area contributed by atoms with Crippen molar-refractivity contribution in [1.82, 2.24) is 9.80 Å². The van der Waals surface area contributed by atoms with Gasteiger partial charge in [0.2, 0.25) is 29.8 Å². The van der Waals surface area contributed by atoms with Crippen molar-refractivity contribution in [3.63, 3.8) is 0 Å². The third-order valence-electron chi connectivity index (χ3n) is 11.0. The Balaban J connectivity index is 1.19. The van der Waals surface area contributed by atoms with Gasteiger partial charge in [-0.3, -0.25) is 9.80 Å². The molecule has 0 amide bonds. The van der Waals surface area contributed by atoms with Gasteiger partial charge in [-0.15, -0.1) is 0 Å². The van der Waals surface area contributed by atoms with Crippen LogP contribution in [0.3, 0.4) is 0 Å². The molecule has 7 rings (SSSR count). The van der Waals surface area contributed by atoms with Crippen LogP contribution < -0.4 is 47.4 Å². The number of rotatable bonds is 13. The van der Waals surface area contributed by atoms with E-state index in [0.29, 0.717) is 63.9 Å². The highest BCUT2D eigenvalue weighted by atomic mass is 16.7. The molecule has 2 atom stereocenters. The molecule has 0 aliphatic carbocycles. The van der Waals surface area contributed by atoms with E-state index in [-0.39, 0.29) is 18.9 Å². The average Bonchev–Trinajstić information content (AvgIpc) is 3.69. The molecule has 54 heavy (non-hydrogen) atoms. The van der Waals surface area contributed by atoms with Gasteiger partial charge in [0.1, 0.15) is 5.75 Å². The first kappa shape index (κ1) is 37.1. The lowest BCUT2D eigenvalue weighted by Gasteiger charge is -2.36. The van der Waals surface area contributed by atoms with E-state index in [1.54, 1.807) is 49.8 Å². The summed E-state index contributed by atoms with van der Waals surface area (Å²) in [5.74, 6) is 6.80. The van der Waals surface area contributed by atoms with Crippen molar-refractivity contribution < 1.29 is 47.4 Å². The Bertz CT molecular complexity index is 2000. The van der Waals surface area contributed by atoms with Gasteiger partial charge in [0, 0.05) is 41.9 Å². The topological polar surface area (TPSA) is 98.8 Å². The van der Waals surface area contributed by atoms with Crippen LogP contribution in [0, 0.1) is 0 Å². The molecule has 288 valence electrons. The van der Waals surface area contributed by atoms with E-state index >= 15 is 0 Å². The quantitative estimate of drug-likeness (QED) is 0.144. The van der Waals surface area contributed by atoms with Crippen molar-refractivity contribution in [3.05, 3.63) is 75.8 Å². The summed E-state index contributed by atoms with van der Waals surface area (Å²) >= 11 is 0. The number of fused-ring (bicyclic) bond motifs is 4. The van der Waals surface area contributed by atoms with Crippen LogP contribution in [0.4, 0.5) is 0 Å². The maximum Gasteiger partial charge on any atom is 0.231 e. The Morgan fingerprint density at radius 3 is 1.74 bits per heavy atom. The first-order chi connectivity index (χ1) is 26.3. The minimum atomic E-state index is -0.0373. The summed E-state index contributed by atoms with van der Waals surface area (Å²) in [6.07, 6.45) is 3.08. The molecule has 0 aromatic heterocycles. The van der Waals surface area contributed by atoms with Gasteiger partial charge in [-0.1, -0.05) is 12.1 Å². The number of likely N-dealkylation sites (N-methyl/N-ethyl adjacent to an activating group) is 2. The summed E-state index contributed by atoms with van der Waals surface area (Å²) in [7, 11) is 15.7. The molecular formula is C42H50N2O10. The van der Waals surface area contributed by atoms with E-state index in [4.69, 9.17) is 47.4 Å². The van der Waals surface area contributed by atoms with Crippen LogP contribution in [0.1, 0.15) is 45.5 Å². The van der Waals surface area contributed by atoms with E-state index in [9.17, 15) is 0 Å². The van der Waals surface area contributed by atoms with Crippen LogP contribution in [0.15, 0.2) is 42.5 Å². The van der Waals surface area contributed by atoms with Gasteiger partial charge >= 0.3 is 0 Å². The fraction of sp³-hybridized carbons (Fsp3) is 0.429. The fourth-order valence-electron chi connectivity index (χ4n) is 8.23. The van der Waals surface area contributed by atoms with E-state index in [2.05, 4.69) is 48.2 Å². The molecule has 0 saturated carbocycles. The predicted octanol–water partition coefficient (Wildman–Crippen LogP) is 6.81. The molecule has 0 fully saturated rings. The molecule has 0 radical (unpaired) electrons. The third-order valence-corrected chi connectivity index (χ3v) is 11.0. The summed E-state index contributed by atoms with van der Waals surface area (Å²) in [6, 6.07) is 14.5. The highest BCUT2D eigenvalue weighted by molar-refractivity contribution is 5.65. The normalized spacial score (nSPS) is 17.6. The molecular weight excluding hydrogens is 692 g/mol. The van der Waals surface area contributed by atoms with E-state index in [1.807, 2.05) is 18.2 Å². The predicted molar refractivity (Wildman–Crippen MR) is 203 cm³/mol. The van der Waals surface area contributed by atoms with Crippen molar-refractivity contribution in [2.24, 2.45) is 0 Å². The van der Waals surface area contributed by atoms with E-state index in [0.717, 1.165) is 54.8 Å². The summed E-state index contributed by atoms with van der Waals surface area (Å²) in [6.45, 7) is 1.96. The van der Waals surface area contributed by atoms with E-state index < -0.39 is 0 Å². The summed E-state index contributed by atoms with van der Waals surface area (Å²) in [5.41, 5.74) is 6.67. The second kappa shape index (κ2) is 15.6. The fourth-order valence-corrected chi connectivity index (χ4v) is 8.23. The van der Waals surface area contributed by atoms with Crippen LogP contribution in [0.5, 0.6) is 63.2 Å². The molecule has 12 heteroatoms. The van der Waals surface area contributed by atoms with Crippen LogP contribution in [0.2, 0.25) is 0 Å². The van der Waals surface area contributed by atoms with Crippen molar-refractivity contribution in [1.29, 1.82) is 0 Å². The van der Waals surface area contributed by atoms with Crippen molar-refractivity contribution >= 4 is 0 Å². The summed E-state index contributed by atoms with van der Waals surface area (Å²) in [4.78, 5) is 4.71. The Morgan fingerprint density at radius 1 is 0.556 bits per heavy atom. The van der Waals surface area contributed by atoms with E-state index in [1.165, 1.54) is 16.7 Å². The highest BCUT2D eigenvalue weighted by Crippen LogP contribution is 2.52. The van der Waals surface area contributed by atoms with Crippen LogP contribution in [0.25, 0.3) is 0 Å². The lowest BCUT2D eigenvalue weighted by molar-refractivity contribution is 0.169. The van der Waals surface area contributed by atoms with Crippen LogP contribution in [-0.2, 0) is 25.7 Å². The molecule has 4 aromatic carbocycles. The van der Waals surface area contributed by atoms with Gasteiger partial charge in [-0.25, -0.2) is 0 Å². The molecule has 12 nitrogen and oxygen atoms in total. The largest absolute Gasteiger partial charge is 0.493 e. The second-order valence-electron chi connectivity index (χ2n) is 13.7. The van der Waals surface area contributed by atoms with Gasteiger partial charge in [0.15, 0.2) is 34.5 Å². The number of methoxy groups -OCH3 is 7. The number of ether oxygens (including phenoxy) is 10. The Kier molecular flexibility index (Phi) is 10.8.